The van der Waals surface area contributed by atoms with Crippen LogP contribution in [0.15, 0.2) is 24.4 Å². The first-order valence-corrected chi connectivity index (χ1v) is 12.3. The van der Waals surface area contributed by atoms with Crippen LogP contribution in [-0.2, 0) is 21.4 Å². The number of thiazole rings is 1. The van der Waals surface area contributed by atoms with E-state index in [2.05, 4.69) is 10.3 Å². The topological polar surface area (TPSA) is 95.1 Å². The van der Waals surface area contributed by atoms with E-state index in [1.165, 1.54) is 18.4 Å². The van der Waals surface area contributed by atoms with Gasteiger partial charge in [-0.3, -0.25) is 15.0 Å². The number of nitrogens with zero attached hydrogens (tertiary/aromatic N) is 4. The number of aromatic nitrogens is 1. The van der Waals surface area contributed by atoms with E-state index in [-0.39, 0.29) is 18.0 Å². The molecule has 3 heterocycles. The molecule has 34 heavy (non-hydrogen) atoms. The smallest absolute Gasteiger partial charge is 0.409 e. The highest BCUT2D eigenvalue weighted by Gasteiger charge is 2.50. The molecule has 0 saturated carbocycles. The number of carbonyl (C=O) groups is 3. The maximum absolute atomic E-state index is 13.3. The summed E-state index contributed by atoms with van der Waals surface area (Å²) in [5, 5.41) is 4.01. The Morgan fingerprint density at radius 3 is 2.82 bits per heavy atom. The number of ether oxygens (including phenoxy) is 1. The summed E-state index contributed by atoms with van der Waals surface area (Å²) in [6, 6.07) is 5.23. The number of fused-ring (bicyclic) bond motifs is 2. The SMILES string of the molecule is COC(=O)N1CCC2(C1)CN(C(=O)Nc1ncc(CCCC(=O)N(C)C)s1)c1ccc(Cl)cc12. The minimum atomic E-state index is -0.390. The number of methoxy groups -OCH3 is 1. The molecule has 2 aliphatic rings. The van der Waals surface area contributed by atoms with Gasteiger partial charge in [-0.1, -0.05) is 11.6 Å². The summed E-state index contributed by atoms with van der Waals surface area (Å²) in [6.07, 6.45) is 4.02. The number of hydrogen-bond acceptors (Lipinski definition) is 6. The van der Waals surface area contributed by atoms with Gasteiger partial charge in [0, 0.05) is 67.3 Å². The fourth-order valence-electron chi connectivity index (χ4n) is 4.61. The number of benzene rings is 1. The van der Waals surface area contributed by atoms with Crippen LogP contribution in [0.1, 0.15) is 29.7 Å². The van der Waals surface area contributed by atoms with Crippen molar-refractivity contribution in [2.75, 3.05) is 51.1 Å². The molecule has 1 unspecified atom stereocenters. The fourth-order valence-corrected chi connectivity index (χ4v) is 5.62. The molecule has 11 heteroatoms. The van der Waals surface area contributed by atoms with Crippen molar-refractivity contribution in [2.24, 2.45) is 0 Å². The Labute approximate surface area is 207 Å². The predicted molar refractivity (Wildman–Crippen MR) is 132 cm³/mol. The van der Waals surface area contributed by atoms with Gasteiger partial charge in [0.25, 0.3) is 0 Å². The molecule has 2 aromatic rings. The Morgan fingerprint density at radius 2 is 2.09 bits per heavy atom. The lowest BCUT2D eigenvalue weighted by atomic mass is 9.81. The van der Waals surface area contributed by atoms with Gasteiger partial charge >= 0.3 is 12.1 Å². The van der Waals surface area contributed by atoms with Crippen molar-refractivity contribution >= 4 is 51.8 Å². The van der Waals surface area contributed by atoms with E-state index in [0.29, 0.717) is 42.6 Å². The monoisotopic (exact) mass is 505 g/mol. The van der Waals surface area contributed by atoms with Crippen molar-refractivity contribution in [3.63, 3.8) is 0 Å². The Balaban J connectivity index is 1.45. The van der Waals surface area contributed by atoms with Crippen LogP contribution in [0.3, 0.4) is 0 Å². The number of anilines is 2. The van der Waals surface area contributed by atoms with Crippen molar-refractivity contribution in [1.29, 1.82) is 0 Å². The van der Waals surface area contributed by atoms with Gasteiger partial charge in [-0.05, 0) is 43.0 Å². The number of urea groups is 1. The molecule has 0 radical (unpaired) electrons. The largest absolute Gasteiger partial charge is 0.453 e. The summed E-state index contributed by atoms with van der Waals surface area (Å²) >= 11 is 7.70. The first kappa shape index (κ1) is 24.3. The van der Waals surface area contributed by atoms with Gasteiger partial charge in [0.1, 0.15) is 0 Å². The molecule has 1 aromatic heterocycles. The third kappa shape index (κ3) is 4.83. The fraction of sp³-hybridized carbons (Fsp3) is 0.478. The lowest BCUT2D eigenvalue weighted by Crippen LogP contribution is -2.41. The molecule has 9 nitrogen and oxygen atoms in total. The molecule has 1 saturated heterocycles. The minimum Gasteiger partial charge on any atom is -0.453 e. The van der Waals surface area contributed by atoms with E-state index in [1.54, 1.807) is 41.1 Å². The lowest BCUT2D eigenvalue weighted by molar-refractivity contribution is -0.128. The normalized spacial score (nSPS) is 18.8. The van der Waals surface area contributed by atoms with Gasteiger partial charge in [-0.25, -0.2) is 14.6 Å². The Bertz CT molecular complexity index is 1110. The van der Waals surface area contributed by atoms with E-state index in [4.69, 9.17) is 16.3 Å². The van der Waals surface area contributed by atoms with Crippen LogP contribution in [0, 0.1) is 0 Å². The first-order chi connectivity index (χ1) is 16.2. The average Bonchev–Trinajstić information content (AvgIpc) is 3.52. The summed E-state index contributed by atoms with van der Waals surface area (Å²) in [4.78, 5) is 47.4. The maximum atomic E-state index is 13.3. The highest BCUT2D eigenvalue weighted by atomic mass is 35.5. The van der Waals surface area contributed by atoms with Crippen LogP contribution in [-0.4, -0.2) is 73.7 Å². The number of nitrogens with one attached hydrogen (secondary N) is 1. The summed E-state index contributed by atoms with van der Waals surface area (Å²) in [7, 11) is 4.86. The second-order valence-electron chi connectivity index (χ2n) is 8.87. The minimum absolute atomic E-state index is 0.0949. The molecular formula is C23H28ClN5O4S. The molecule has 1 N–H and O–H groups in total. The Kier molecular flexibility index (Phi) is 6.99. The van der Waals surface area contributed by atoms with Crippen molar-refractivity contribution in [1.82, 2.24) is 14.8 Å². The van der Waals surface area contributed by atoms with Crippen LogP contribution in [0.4, 0.5) is 20.4 Å². The molecule has 4 amide bonds. The maximum Gasteiger partial charge on any atom is 0.409 e. The summed E-state index contributed by atoms with van der Waals surface area (Å²) in [5.74, 6) is 0.0949. The van der Waals surface area contributed by atoms with Crippen molar-refractivity contribution in [3.8, 4) is 0 Å². The van der Waals surface area contributed by atoms with Crippen LogP contribution >= 0.6 is 22.9 Å². The molecule has 0 bridgehead atoms. The van der Waals surface area contributed by atoms with Crippen molar-refractivity contribution in [3.05, 3.63) is 39.9 Å². The molecule has 1 aromatic carbocycles. The average molecular weight is 506 g/mol. The number of likely N-dealkylation sites (tertiary alicyclic amines) is 1. The van der Waals surface area contributed by atoms with E-state index in [1.807, 2.05) is 12.1 Å². The van der Waals surface area contributed by atoms with Gasteiger partial charge in [0.15, 0.2) is 5.13 Å². The summed E-state index contributed by atoms with van der Waals surface area (Å²) in [6.45, 7) is 1.46. The molecular weight excluding hydrogens is 478 g/mol. The highest BCUT2D eigenvalue weighted by Crippen LogP contribution is 2.47. The Hall–Kier alpha value is -2.85. The summed E-state index contributed by atoms with van der Waals surface area (Å²) < 4.78 is 4.90. The third-order valence-electron chi connectivity index (χ3n) is 6.39. The summed E-state index contributed by atoms with van der Waals surface area (Å²) in [5.41, 5.74) is 1.36. The zero-order valence-electron chi connectivity index (χ0n) is 19.5. The number of halogens is 1. The number of rotatable bonds is 5. The second-order valence-corrected chi connectivity index (χ2v) is 10.4. The zero-order chi connectivity index (χ0) is 24.5. The van der Waals surface area contributed by atoms with Gasteiger partial charge in [-0.15, -0.1) is 11.3 Å². The van der Waals surface area contributed by atoms with Gasteiger partial charge in [-0.2, -0.15) is 0 Å². The molecule has 1 fully saturated rings. The van der Waals surface area contributed by atoms with Crippen LogP contribution < -0.4 is 10.2 Å². The molecule has 182 valence electrons. The van der Waals surface area contributed by atoms with E-state index < -0.39 is 5.41 Å². The van der Waals surface area contributed by atoms with Crippen LogP contribution in [0.25, 0.3) is 0 Å². The standard InChI is InChI=1S/C23H28ClN5O4S/c1-27(2)19(30)6-4-5-16-12-25-20(34-16)26-21(31)29-14-23(9-10-28(13-23)22(32)33-3)17-11-15(24)7-8-18(17)29/h7-8,11-12H,4-6,9-10,13-14H2,1-3H3,(H,25,26,31). The third-order valence-corrected chi connectivity index (χ3v) is 7.60. The number of hydrogen-bond donors (Lipinski definition) is 1. The van der Waals surface area contributed by atoms with Crippen molar-refractivity contribution < 1.29 is 19.1 Å². The van der Waals surface area contributed by atoms with Crippen LogP contribution in [0.5, 0.6) is 0 Å². The molecule has 2 aliphatic heterocycles. The number of amides is 4. The second kappa shape index (κ2) is 9.79. The van der Waals surface area contributed by atoms with Crippen LogP contribution in [0.2, 0.25) is 5.02 Å². The van der Waals surface area contributed by atoms with E-state index in [0.717, 1.165) is 29.0 Å². The first-order valence-electron chi connectivity index (χ1n) is 11.1. The molecule has 1 spiro atoms. The number of aryl methyl sites for hydroxylation is 1. The van der Waals surface area contributed by atoms with Gasteiger partial charge < -0.3 is 14.5 Å². The quantitative estimate of drug-likeness (QED) is 0.663. The molecule has 1 atom stereocenters. The highest BCUT2D eigenvalue weighted by molar-refractivity contribution is 7.15. The van der Waals surface area contributed by atoms with Gasteiger partial charge in [0.2, 0.25) is 5.91 Å². The predicted octanol–water partition coefficient (Wildman–Crippen LogP) is 3.97. The number of carbonyl (C=O) groups excluding carboxylic acids is 3. The molecule has 0 aliphatic carbocycles. The zero-order valence-corrected chi connectivity index (χ0v) is 21.0. The van der Waals surface area contributed by atoms with E-state index in [9.17, 15) is 14.4 Å². The van der Waals surface area contributed by atoms with Gasteiger partial charge in [0.05, 0.1) is 7.11 Å². The van der Waals surface area contributed by atoms with E-state index >= 15 is 0 Å². The molecule has 4 rings (SSSR count). The Morgan fingerprint density at radius 1 is 1.29 bits per heavy atom. The van der Waals surface area contributed by atoms with Crippen molar-refractivity contribution in [2.45, 2.75) is 31.1 Å². The lowest BCUT2D eigenvalue weighted by Gasteiger charge is -2.25.